The number of hydrogen-bond donors (Lipinski definition) is 2. The maximum Gasteiger partial charge on any atom is 0.331 e. The quantitative estimate of drug-likeness (QED) is 0.501. The summed E-state index contributed by atoms with van der Waals surface area (Å²) in [5.74, 6) is -1.39. The van der Waals surface area contributed by atoms with Gasteiger partial charge in [0, 0.05) is 23.7 Å². The summed E-state index contributed by atoms with van der Waals surface area (Å²) >= 11 is 0. The minimum atomic E-state index is -1.09. The van der Waals surface area contributed by atoms with Gasteiger partial charge in [0.05, 0.1) is 19.8 Å². The van der Waals surface area contributed by atoms with Crippen LogP contribution in [0.15, 0.2) is 11.1 Å². The van der Waals surface area contributed by atoms with Crippen LogP contribution in [-0.2, 0) is 14.3 Å². The highest BCUT2D eigenvalue weighted by atomic mass is 16.5. The lowest BCUT2D eigenvalue weighted by atomic mass is 10.1. The van der Waals surface area contributed by atoms with Gasteiger partial charge in [0.2, 0.25) is 5.91 Å². The monoisotopic (exact) mass is 273 g/mol. The summed E-state index contributed by atoms with van der Waals surface area (Å²) < 4.78 is 5.13. The molecule has 110 valence electrons. The van der Waals surface area contributed by atoms with Crippen LogP contribution in [0.3, 0.4) is 0 Å². The number of carbonyl (C=O) groups is 2. The molecule has 0 aromatic heterocycles. The first-order valence-electron chi connectivity index (χ1n) is 6.23. The van der Waals surface area contributed by atoms with Crippen molar-refractivity contribution in [3.63, 3.8) is 0 Å². The summed E-state index contributed by atoms with van der Waals surface area (Å²) in [5.41, 5.74) is 0.273. The molecule has 0 bridgehead atoms. The molecule has 0 aromatic carbocycles. The first-order chi connectivity index (χ1) is 8.82. The molecule has 0 fully saturated rings. The summed E-state index contributed by atoms with van der Waals surface area (Å²) in [7, 11) is 0. The van der Waals surface area contributed by atoms with Gasteiger partial charge in [0.15, 0.2) is 0 Å². The van der Waals surface area contributed by atoms with E-state index in [2.05, 4.69) is 0 Å². The minimum Gasteiger partial charge on any atom is -0.478 e. The maximum atomic E-state index is 12.2. The van der Waals surface area contributed by atoms with Crippen molar-refractivity contribution in [3.05, 3.63) is 11.1 Å². The van der Waals surface area contributed by atoms with Gasteiger partial charge in [-0.2, -0.15) is 0 Å². The van der Waals surface area contributed by atoms with E-state index in [4.69, 9.17) is 14.9 Å². The van der Waals surface area contributed by atoms with Crippen molar-refractivity contribution >= 4 is 11.9 Å². The van der Waals surface area contributed by atoms with Crippen molar-refractivity contribution in [3.8, 4) is 0 Å². The highest BCUT2D eigenvalue weighted by Crippen LogP contribution is 2.11. The van der Waals surface area contributed by atoms with E-state index in [1.807, 2.05) is 13.8 Å². The molecule has 0 aromatic rings. The van der Waals surface area contributed by atoms with Gasteiger partial charge in [-0.05, 0) is 27.7 Å². The number of carbonyl (C=O) groups excluding carboxylic acids is 1. The van der Waals surface area contributed by atoms with Crippen molar-refractivity contribution in [1.29, 1.82) is 0 Å². The zero-order chi connectivity index (χ0) is 15.0. The molecule has 2 N–H and O–H groups in total. The van der Waals surface area contributed by atoms with Gasteiger partial charge < -0.3 is 19.8 Å². The van der Waals surface area contributed by atoms with Gasteiger partial charge in [-0.3, -0.25) is 4.79 Å². The van der Waals surface area contributed by atoms with Crippen molar-refractivity contribution in [2.24, 2.45) is 0 Å². The molecule has 0 saturated heterocycles. The number of carboxylic acids is 1. The normalized spacial score (nSPS) is 12.3. The SMILES string of the molecule is CC(C(=O)O)=C(C)C(=O)N(CCOCCO)C(C)C. The Morgan fingerprint density at radius 3 is 2.16 bits per heavy atom. The number of aliphatic hydroxyl groups is 1. The zero-order valence-electron chi connectivity index (χ0n) is 12.0. The van der Waals surface area contributed by atoms with Crippen molar-refractivity contribution in [2.75, 3.05) is 26.4 Å². The van der Waals surface area contributed by atoms with Crippen LogP contribution in [0.2, 0.25) is 0 Å². The first-order valence-corrected chi connectivity index (χ1v) is 6.23. The fourth-order valence-electron chi connectivity index (χ4n) is 1.46. The molecule has 6 heteroatoms. The minimum absolute atomic E-state index is 0.0481. The van der Waals surface area contributed by atoms with Crippen LogP contribution in [-0.4, -0.2) is 59.4 Å². The predicted octanol–water partition coefficient (Wildman–Crippen LogP) is 0.653. The lowest BCUT2D eigenvalue weighted by molar-refractivity contribution is -0.134. The molecule has 0 saturated carbocycles. The molecule has 1 amide bonds. The Morgan fingerprint density at radius 1 is 1.16 bits per heavy atom. The predicted molar refractivity (Wildman–Crippen MR) is 70.8 cm³/mol. The standard InChI is InChI=1S/C13H23NO5/c1-9(2)14(5-7-19-8-6-15)12(16)10(3)11(4)13(17)18/h9,15H,5-8H2,1-4H3,(H,17,18). The third-order valence-corrected chi connectivity index (χ3v) is 2.80. The third kappa shape index (κ3) is 5.85. The van der Waals surface area contributed by atoms with Gasteiger partial charge in [-0.25, -0.2) is 4.79 Å². The first kappa shape index (κ1) is 17.6. The van der Waals surface area contributed by atoms with Crippen molar-refractivity contribution < 1.29 is 24.5 Å². The molecule has 0 unspecified atom stereocenters. The number of aliphatic hydroxyl groups excluding tert-OH is 1. The second kappa shape index (κ2) is 8.66. The molecule has 0 rings (SSSR count). The van der Waals surface area contributed by atoms with Crippen LogP contribution in [0.5, 0.6) is 0 Å². The highest BCUT2D eigenvalue weighted by molar-refractivity contribution is 6.01. The number of hydrogen-bond acceptors (Lipinski definition) is 4. The Hall–Kier alpha value is -1.40. The second-order valence-electron chi connectivity index (χ2n) is 4.48. The highest BCUT2D eigenvalue weighted by Gasteiger charge is 2.21. The average Bonchev–Trinajstić information content (AvgIpc) is 2.35. The van der Waals surface area contributed by atoms with Crippen LogP contribution in [0.1, 0.15) is 27.7 Å². The molecule has 6 nitrogen and oxygen atoms in total. The maximum absolute atomic E-state index is 12.2. The van der Waals surface area contributed by atoms with Gasteiger partial charge in [0.25, 0.3) is 0 Å². The molecule has 0 heterocycles. The van der Waals surface area contributed by atoms with Gasteiger partial charge in [0.1, 0.15) is 0 Å². The molecular weight excluding hydrogens is 250 g/mol. The lowest BCUT2D eigenvalue weighted by Crippen LogP contribution is -2.40. The number of nitrogens with zero attached hydrogens (tertiary/aromatic N) is 1. The molecule has 19 heavy (non-hydrogen) atoms. The van der Waals surface area contributed by atoms with Crippen LogP contribution in [0.25, 0.3) is 0 Å². The van der Waals surface area contributed by atoms with E-state index < -0.39 is 5.97 Å². The van der Waals surface area contributed by atoms with Crippen LogP contribution >= 0.6 is 0 Å². The molecular formula is C13H23NO5. The third-order valence-electron chi connectivity index (χ3n) is 2.80. The number of carboxylic acid groups (broad SMARTS) is 1. The Bertz CT molecular complexity index is 349. The van der Waals surface area contributed by atoms with E-state index in [1.165, 1.54) is 13.8 Å². The lowest BCUT2D eigenvalue weighted by Gasteiger charge is -2.27. The molecule has 0 aliphatic heterocycles. The smallest absolute Gasteiger partial charge is 0.331 e. The Balaban J connectivity index is 4.76. The molecule has 0 aliphatic carbocycles. The van der Waals surface area contributed by atoms with Crippen molar-refractivity contribution in [2.45, 2.75) is 33.7 Å². The summed E-state index contributed by atoms with van der Waals surface area (Å²) in [5, 5.41) is 17.5. The fraction of sp³-hybridized carbons (Fsp3) is 0.692. The van der Waals surface area contributed by atoms with Crippen LogP contribution < -0.4 is 0 Å². The molecule has 0 aliphatic rings. The van der Waals surface area contributed by atoms with E-state index in [-0.39, 0.29) is 36.3 Å². The number of ether oxygens (including phenoxy) is 1. The number of rotatable bonds is 8. The number of amides is 1. The zero-order valence-corrected chi connectivity index (χ0v) is 12.0. The van der Waals surface area contributed by atoms with Gasteiger partial charge in [-0.1, -0.05) is 0 Å². The second-order valence-corrected chi connectivity index (χ2v) is 4.48. The Morgan fingerprint density at radius 2 is 1.74 bits per heavy atom. The van der Waals surface area contributed by atoms with Crippen LogP contribution in [0.4, 0.5) is 0 Å². The summed E-state index contributed by atoms with van der Waals surface area (Å²) in [6.07, 6.45) is 0. The van der Waals surface area contributed by atoms with E-state index in [0.29, 0.717) is 13.2 Å². The summed E-state index contributed by atoms with van der Waals surface area (Å²) in [6, 6.07) is -0.0539. The van der Waals surface area contributed by atoms with Gasteiger partial charge >= 0.3 is 5.97 Å². The topological polar surface area (TPSA) is 87.1 Å². The summed E-state index contributed by atoms with van der Waals surface area (Å²) in [4.78, 5) is 24.6. The average molecular weight is 273 g/mol. The van der Waals surface area contributed by atoms with Gasteiger partial charge in [-0.15, -0.1) is 0 Å². The van der Waals surface area contributed by atoms with E-state index in [9.17, 15) is 9.59 Å². The largest absolute Gasteiger partial charge is 0.478 e. The molecule has 0 spiro atoms. The fourth-order valence-corrected chi connectivity index (χ4v) is 1.46. The van der Waals surface area contributed by atoms with Crippen molar-refractivity contribution in [1.82, 2.24) is 4.90 Å². The van der Waals surface area contributed by atoms with E-state index in [1.54, 1.807) is 4.90 Å². The molecule has 0 atom stereocenters. The van der Waals surface area contributed by atoms with E-state index >= 15 is 0 Å². The summed E-state index contributed by atoms with van der Waals surface area (Å²) in [6.45, 7) is 7.47. The van der Waals surface area contributed by atoms with Crippen LogP contribution in [0, 0.1) is 0 Å². The number of aliphatic carboxylic acids is 1. The Kier molecular flexibility index (Phi) is 8.02. The molecule has 0 radical (unpaired) electrons. The van der Waals surface area contributed by atoms with E-state index in [0.717, 1.165) is 0 Å². The Labute approximate surface area is 113 Å².